The van der Waals surface area contributed by atoms with E-state index in [4.69, 9.17) is 26.1 Å². The van der Waals surface area contributed by atoms with Gasteiger partial charge in [-0.05, 0) is 36.4 Å². The van der Waals surface area contributed by atoms with Crippen molar-refractivity contribution in [2.24, 2.45) is 0 Å². The van der Waals surface area contributed by atoms with E-state index in [9.17, 15) is 9.59 Å². The third-order valence-corrected chi connectivity index (χ3v) is 7.02. The fourth-order valence-corrected chi connectivity index (χ4v) is 5.17. The Kier molecular flexibility index (Phi) is 5.94. The highest BCUT2D eigenvalue weighted by atomic mass is 35.5. The second kappa shape index (κ2) is 8.86. The second-order valence-electron chi connectivity index (χ2n) is 7.81. The minimum absolute atomic E-state index is 0.00732. The molecule has 2 aliphatic heterocycles. The van der Waals surface area contributed by atoms with Gasteiger partial charge in [-0.25, -0.2) is 4.98 Å². The highest BCUT2D eigenvalue weighted by Crippen LogP contribution is 2.32. The molecule has 0 atom stereocenters. The van der Waals surface area contributed by atoms with Crippen LogP contribution in [0.2, 0.25) is 5.02 Å². The number of nitrogens with zero attached hydrogens (tertiary/aromatic N) is 3. The zero-order valence-corrected chi connectivity index (χ0v) is 18.9. The van der Waals surface area contributed by atoms with Crippen LogP contribution in [0.25, 0.3) is 16.6 Å². The van der Waals surface area contributed by atoms with Crippen LogP contribution in [0.3, 0.4) is 0 Å². The smallest absolute Gasteiger partial charge is 0.266 e. The average molecular weight is 472 g/mol. The van der Waals surface area contributed by atoms with Crippen LogP contribution in [0.4, 0.5) is 0 Å². The highest BCUT2D eigenvalue weighted by Gasteiger charge is 2.40. The van der Waals surface area contributed by atoms with Crippen LogP contribution in [0, 0.1) is 0 Å². The summed E-state index contributed by atoms with van der Waals surface area (Å²) in [7, 11) is 0. The lowest BCUT2D eigenvalue weighted by molar-refractivity contribution is -0.186. The molecule has 1 spiro atoms. The van der Waals surface area contributed by atoms with Crippen LogP contribution in [0.15, 0.2) is 58.5 Å². The summed E-state index contributed by atoms with van der Waals surface area (Å²) in [5.74, 6) is -0.320. The van der Waals surface area contributed by atoms with Crippen molar-refractivity contribution in [1.82, 2.24) is 14.5 Å². The molecule has 0 unspecified atom stereocenters. The topological polar surface area (TPSA) is 73.7 Å². The first-order chi connectivity index (χ1) is 15.5. The monoisotopic (exact) mass is 471 g/mol. The minimum Gasteiger partial charge on any atom is -0.347 e. The van der Waals surface area contributed by atoms with E-state index in [1.807, 2.05) is 17.0 Å². The lowest BCUT2D eigenvalue weighted by Gasteiger charge is -2.37. The summed E-state index contributed by atoms with van der Waals surface area (Å²) < 4.78 is 13.0. The normalized spacial score (nSPS) is 17.8. The minimum atomic E-state index is -0.515. The number of para-hydroxylation sites is 1. The number of carbonyl (C=O) groups excluding carboxylic acids is 1. The number of likely N-dealkylation sites (tertiary alicyclic amines) is 1. The average Bonchev–Trinajstić information content (AvgIpc) is 3.27. The Morgan fingerprint density at radius 3 is 2.47 bits per heavy atom. The Morgan fingerprint density at radius 1 is 1.06 bits per heavy atom. The number of aromatic nitrogens is 2. The van der Waals surface area contributed by atoms with Crippen LogP contribution in [0.1, 0.15) is 12.8 Å². The molecule has 166 valence electrons. The van der Waals surface area contributed by atoms with Gasteiger partial charge in [0.15, 0.2) is 10.9 Å². The molecule has 1 amide bonds. The van der Waals surface area contributed by atoms with Crippen molar-refractivity contribution >= 4 is 40.2 Å². The summed E-state index contributed by atoms with van der Waals surface area (Å²) >= 11 is 7.30. The number of halogens is 1. The van der Waals surface area contributed by atoms with E-state index in [0.717, 1.165) is 0 Å². The van der Waals surface area contributed by atoms with Gasteiger partial charge in [-0.1, -0.05) is 35.5 Å². The number of carbonyl (C=O) groups is 1. The number of hydrogen-bond donors (Lipinski definition) is 0. The molecule has 0 N–H and O–H groups in total. The molecule has 5 rings (SSSR count). The van der Waals surface area contributed by atoms with Crippen molar-refractivity contribution in [3.8, 4) is 5.69 Å². The van der Waals surface area contributed by atoms with Crippen molar-refractivity contribution in [3.05, 3.63) is 63.9 Å². The van der Waals surface area contributed by atoms with Crippen molar-refractivity contribution in [3.63, 3.8) is 0 Å². The summed E-state index contributed by atoms with van der Waals surface area (Å²) in [6.07, 6.45) is 1.35. The molecule has 2 aromatic carbocycles. The molecular formula is C23H22ClN3O4S. The molecule has 0 bridgehead atoms. The van der Waals surface area contributed by atoms with Gasteiger partial charge >= 0.3 is 0 Å². The number of amides is 1. The van der Waals surface area contributed by atoms with E-state index in [1.54, 1.807) is 41.0 Å². The standard InChI is InChI=1S/C23H22ClN3O4S/c24-16-5-7-17(8-6-16)27-21(29)18-3-1-2-4-19(18)25-22(27)32-15-20(28)26-11-9-23(10-12-26)30-13-14-31-23/h1-8H,9-15H2. The number of fused-ring (bicyclic) bond motifs is 1. The van der Waals surface area contributed by atoms with Gasteiger partial charge in [-0.2, -0.15) is 0 Å². The maximum Gasteiger partial charge on any atom is 0.266 e. The predicted octanol–water partition coefficient (Wildman–Crippen LogP) is 3.50. The summed E-state index contributed by atoms with van der Waals surface area (Å²) in [4.78, 5) is 32.7. The number of ether oxygens (including phenoxy) is 2. The summed E-state index contributed by atoms with van der Waals surface area (Å²) in [6, 6.07) is 14.2. The van der Waals surface area contributed by atoms with E-state index < -0.39 is 5.79 Å². The van der Waals surface area contributed by atoms with E-state index in [0.29, 0.717) is 65.9 Å². The van der Waals surface area contributed by atoms with Gasteiger partial charge in [0.25, 0.3) is 5.56 Å². The van der Waals surface area contributed by atoms with Crippen molar-refractivity contribution < 1.29 is 14.3 Å². The Hall–Kier alpha value is -2.39. The van der Waals surface area contributed by atoms with Crippen LogP contribution in [0.5, 0.6) is 0 Å². The Balaban J connectivity index is 1.38. The molecule has 0 aliphatic carbocycles. The molecule has 2 saturated heterocycles. The zero-order valence-electron chi connectivity index (χ0n) is 17.3. The molecule has 3 aromatic rings. The maximum absolute atomic E-state index is 13.3. The van der Waals surface area contributed by atoms with Crippen molar-refractivity contribution in [1.29, 1.82) is 0 Å². The number of thioether (sulfide) groups is 1. The SMILES string of the molecule is O=C(CSc1nc2ccccc2c(=O)n1-c1ccc(Cl)cc1)N1CCC2(CC1)OCCO2. The molecule has 2 fully saturated rings. The quantitative estimate of drug-likeness (QED) is 0.428. The molecular weight excluding hydrogens is 450 g/mol. The van der Waals surface area contributed by atoms with Gasteiger partial charge in [0.2, 0.25) is 5.91 Å². The largest absolute Gasteiger partial charge is 0.347 e. The molecule has 1 aromatic heterocycles. The van der Waals surface area contributed by atoms with Crippen LogP contribution in [-0.2, 0) is 14.3 Å². The van der Waals surface area contributed by atoms with Gasteiger partial charge < -0.3 is 14.4 Å². The van der Waals surface area contributed by atoms with Crippen LogP contribution >= 0.6 is 23.4 Å². The van der Waals surface area contributed by atoms with Gasteiger partial charge in [0.1, 0.15) is 0 Å². The fraction of sp³-hybridized carbons (Fsp3) is 0.348. The number of benzene rings is 2. The van der Waals surface area contributed by atoms with E-state index >= 15 is 0 Å². The first kappa shape index (κ1) is 21.5. The van der Waals surface area contributed by atoms with E-state index in [1.165, 1.54) is 11.8 Å². The Bertz CT molecular complexity index is 1200. The van der Waals surface area contributed by atoms with Gasteiger partial charge in [-0.15, -0.1) is 0 Å². The lowest BCUT2D eigenvalue weighted by atomic mass is 10.0. The molecule has 3 heterocycles. The molecule has 9 heteroatoms. The lowest BCUT2D eigenvalue weighted by Crippen LogP contribution is -2.47. The molecule has 7 nitrogen and oxygen atoms in total. The fourth-order valence-electron chi connectivity index (χ4n) is 4.13. The molecule has 0 radical (unpaired) electrons. The zero-order chi connectivity index (χ0) is 22.1. The van der Waals surface area contributed by atoms with E-state index in [2.05, 4.69) is 0 Å². The van der Waals surface area contributed by atoms with Crippen molar-refractivity contribution in [2.75, 3.05) is 32.1 Å². The molecule has 2 aliphatic rings. The third-order valence-electron chi connectivity index (χ3n) is 5.85. The third kappa shape index (κ3) is 4.15. The molecule has 0 saturated carbocycles. The number of hydrogen-bond acceptors (Lipinski definition) is 6. The Labute approximate surface area is 194 Å². The Morgan fingerprint density at radius 2 is 1.75 bits per heavy atom. The highest BCUT2D eigenvalue weighted by molar-refractivity contribution is 7.99. The van der Waals surface area contributed by atoms with Gasteiger partial charge in [-0.3, -0.25) is 14.2 Å². The van der Waals surface area contributed by atoms with Crippen molar-refractivity contribution in [2.45, 2.75) is 23.8 Å². The maximum atomic E-state index is 13.3. The van der Waals surface area contributed by atoms with Crippen LogP contribution < -0.4 is 5.56 Å². The van der Waals surface area contributed by atoms with Gasteiger partial charge in [0, 0.05) is 31.0 Å². The number of rotatable bonds is 4. The predicted molar refractivity (Wildman–Crippen MR) is 124 cm³/mol. The number of piperidine rings is 1. The van der Waals surface area contributed by atoms with E-state index in [-0.39, 0.29) is 17.2 Å². The summed E-state index contributed by atoms with van der Waals surface area (Å²) in [5, 5.41) is 1.58. The first-order valence-electron chi connectivity index (χ1n) is 10.5. The van der Waals surface area contributed by atoms with Crippen LogP contribution in [-0.4, -0.2) is 58.2 Å². The summed E-state index contributed by atoms with van der Waals surface area (Å²) in [6.45, 7) is 2.41. The van der Waals surface area contributed by atoms with Gasteiger partial charge in [0.05, 0.1) is 35.6 Å². The molecule has 32 heavy (non-hydrogen) atoms. The summed E-state index contributed by atoms with van der Waals surface area (Å²) in [5.41, 5.74) is 1.08. The second-order valence-corrected chi connectivity index (χ2v) is 9.18. The first-order valence-corrected chi connectivity index (χ1v) is 11.9.